The lowest BCUT2D eigenvalue weighted by Crippen LogP contribution is -2.46. The van der Waals surface area contributed by atoms with Crippen molar-refractivity contribution in [1.29, 1.82) is 0 Å². The summed E-state index contributed by atoms with van der Waals surface area (Å²) in [7, 11) is 0. The molecule has 1 heteroatoms. The van der Waals surface area contributed by atoms with Crippen LogP contribution < -0.4 is 5.32 Å². The first-order valence-corrected chi connectivity index (χ1v) is 7.11. The molecule has 0 aliphatic heterocycles. The molecule has 0 amide bonds. The maximum absolute atomic E-state index is 3.76. The third kappa shape index (κ3) is 2.45. The van der Waals surface area contributed by atoms with Crippen LogP contribution in [0.4, 0.5) is 0 Å². The van der Waals surface area contributed by atoms with Crippen molar-refractivity contribution in [3.63, 3.8) is 0 Å². The van der Waals surface area contributed by atoms with Gasteiger partial charge in [-0.1, -0.05) is 20.3 Å². The van der Waals surface area contributed by atoms with Crippen molar-refractivity contribution >= 4 is 0 Å². The van der Waals surface area contributed by atoms with E-state index in [-0.39, 0.29) is 5.54 Å². The Balaban J connectivity index is 1.98. The molecule has 0 heterocycles. The topological polar surface area (TPSA) is 12.0 Å². The van der Waals surface area contributed by atoms with Crippen molar-refractivity contribution in [3.8, 4) is 0 Å². The predicted octanol–water partition coefficient (Wildman–Crippen LogP) is 3.84. The first kappa shape index (κ1) is 12.4. The molecule has 1 nitrogen and oxygen atoms in total. The minimum absolute atomic E-state index is 0.271. The first-order chi connectivity index (χ1) is 7.36. The Labute approximate surface area is 101 Å². The molecule has 0 aromatic carbocycles. The van der Waals surface area contributed by atoms with E-state index < -0.39 is 0 Å². The Morgan fingerprint density at radius 1 is 1.25 bits per heavy atom. The monoisotopic (exact) mass is 223 g/mol. The van der Waals surface area contributed by atoms with Gasteiger partial charge in [0, 0.05) is 12.1 Å². The van der Waals surface area contributed by atoms with Gasteiger partial charge in [-0.25, -0.2) is 0 Å². The smallest absolute Gasteiger partial charge is 0.00967 e. The molecule has 1 N–H and O–H groups in total. The van der Waals surface area contributed by atoms with Gasteiger partial charge in [0.05, 0.1) is 0 Å². The molecule has 2 aliphatic rings. The summed E-state index contributed by atoms with van der Waals surface area (Å²) in [5.74, 6) is 3.07. The summed E-state index contributed by atoms with van der Waals surface area (Å²) in [4.78, 5) is 0. The predicted molar refractivity (Wildman–Crippen MR) is 70.5 cm³/mol. The van der Waals surface area contributed by atoms with Crippen LogP contribution in [-0.2, 0) is 0 Å². The Kier molecular flexibility index (Phi) is 3.11. The highest BCUT2D eigenvalue weighted by atomic mass is 15.0. The van der Waals surface area contributed by atoms with E-state index in [1.807, 2.05) is 0 Å². The zero-order valence-corrected chi connectivity index (χ0v) is 11.8. The van der Waals surface area contributed by atoms with Gasteiger partial charge in [0.25, 0.3) is 0 Å². The molecule has 0 spiro atoms. The molecule has 3 atom stereocenters. The van der Waals surface area contributed by atoms with Crippen LogP contribution in [0.5, 0.6) is 0 Å². The van der Waals surface area contributed by atoms with Crippen LogP contribution in [0.25, 0.3) is 0 Å². The van der Waals surface area contributed by atoms with Crippen LogP contribution in [0.3, 0.4) is 0 Å². The highest BCUT2D eigenvalue weighted by Crippen LogP contribution is 2.62. The summed E-state index contributed by atoms with van der Waals surface area (Å²) >= 11 is 0. The molecule has 0 radical (unpaired) electrons. The maximum atomic E-state index is 3.76. The van der Waals surface area contributed by atoms with Crippen LogP contribution >= 0.6 is 0 Å². The molecule has 0 saturated heterocycles. The molecule has 0 aromatic heterocycles. The lowest BCUT2D eigenvalue weighted by molar-refractivity contribution is 0.136. The van der Waals surface area contributed by atoms with Crippen LogP contribution in [0.2, 0.25) is 0 Å². The molecule has 2 fully saturated rings. The molecule has 2 rings (SSSR count). The molecule has 94 valence electrons. The molecule has 0 aromatic rings. The Morgan fingerprint density at radius 2 is 1.81 bits per heavy atom. The highest BCUT2D eigenvalue weighted by molar-refractivity contribution is 5.06. The van der Waals surface area contributed by atoms with Crippen molar-refractivity contribution in [2.45, 2.75) is 65.8 Å². The number of rotatable bonds is 4. The minimum Gasteiger partial charge on any atom is -0.312 e. The summed E-state index contributed by atoms with van der Waals surface area (Å²) in [5.41, 5.74) is 0.892. The summed E-state index contributed by atoms with van der Waals surface area (Å²) in [5, 5.41) is 3.76. The lowest BCUT2D eigenvalue weighted by Gasteiger charge is -2.39. The zero-order valence-electron chi connectivity index (χ0n) is 11.8. The van der Waals surface area contributed by atoms with Crippen molar-refractivity contribution in [2.24, 2.45) is 23.2 Å². The fraction of sp³-hybridized carbons (Fsp3) is 1.00. The summed E-state index contributed by atoms with van der Waals surface area (Å²) in [6, 6.07) is 0. The Hall–Kier alpha value is -0.0400. The van der Waals surface area contributed by atoms with Gasteiger partial charge in [-0.15, -0.1) is 0 Å². The molecular formula is C15H29N. The molecule has 2 aliphatic carbocycles. The second-order valence-electron chi connectivity index (χ2n) is 7.44. The zero-order chi connectivity index (χ0) is 12.0. The largest absolute Gasteiger partial charge is 0.312 e. The van der Waals surface area contributed by atoms with E-state index in [0.717, 1.165) is 17.8 Å². The fourth-order valence-electron chi connectivity index (χ4n) is 3.53. The van der Waals surface area contributed by atoms with Gasteiger partial charge in [0.2, 0.25) is 0 Å². The van der Waals surface area contributed by atoms with Gasteiger partial charge in [-0.3, -0.25) is 0 Å². The minimum atomic E-state index is 0.271. The lowest BCUT2D eigenvalue weighted by atomic mass is 9.71. The summed E-state index contributed by atoms with van der Waals surface area (Å²) < 4.78 is 0. The standard InChI is InChI=1S/C15H29N/c1-6-11(2)15(10-16-14(3,4)5)8-12-7-13(12)9-15/h11-13,16H,6-10H2,1-5H3. The Bertz CT molecular complexity index is 241. The average molecular weight is 223 g/mol. The molecule has 0 bridgehead atoms. The van der Waals surface area contributed by atoms with Crippen molar-refractivity contribution in [2.75, 3.05) is 6.54 Å². The van der Waals surface area contributed by atoms with Crippen molar-refractivity contribution < 1.29 is 0 Å². The van der Waals surface area contributed by atoms with Gasteiger partial charge in [-0.2, -0.15) is 0 Å². The van der Waals surface area contributed by atoms with Gasteiger partial charge < -0.3 is 5.32 Å². The third-order valence-electron chi connectivity index (χ3n) is 5.04. The van der Waals surface area contributed by atoms with E-state index in [4.69, 9.17) is 0 Å². The molecule has 16 heavy (non-hydrogen) atoms. The van der Waals surface area contributed by atoms with Crippen molar-refractivity contribution in [1.82, 2.24) is 5.32 Å². The molecular weight excluding hydrogens is 194 g/mol. The van der Waals surface area contributed by atoms with E-state index in [1.54, 1.807) is 0 Å². The summed E-state index contributed by atoms with van der Waals surface area (Å²) in [6.07, 6.45) is 5.87. The average Bonchev–Trinajstić information content (AvgIpc) is 2.82. The number of fused-ring (bicyclic) bond motifs is 1. The van der Waals surface area contributed by atoms with E-state index in [0.29, 0.717) is 5.41 Å². The van der Waals surface area contributed by atoms with Gasteiger partial charge in [0.15, 0.2) is 0 Å². The van der Waals surface area contributed by atoms with Crippen LogP contribution in [0.1, 0.15) is 60.3 Å². The maximum Gasteiger partial charge on any atom is 0.00967 e. The van der Waals surface area contributed by atoms with E-state index in [9.17, 15) is 0 Å². The highest BCUT2D eigenvalue weighted by Gasteiger charge is 2.55. The first-order valence-electron chi connectivity index (χ1n) is 7.11. The molecule has 2 saturated carbocycles. The van der Waals surface area contributed by atoms with Crippen molar-refractivity contribution in [3.05, 3.63) is 0 Å². The van der Waals surface area contributed by atoms with Gasteiger partial charge in [0.1, 0.15) is 0 Å². The van der Waals surface area contributed by atoms with E-state index >= 15 is 0 Å². The van der Waals surface area contributed by atoms with Crippen LogP contribution in [0, 0.1) is 23.2 Å². The van der Waals surface area contributed by atoms with Crippen LogP contribution in [-0.4, -0.2) is 12.1 Å². The molecule has 3 unspecified atom stereocenters. The quantitative estimate of drug-likeness (QED) is 0.763. The number of nitrogens with one attached hydrogen (secondary N) is 1. The second kappa shape index (κ2) is 4.01. The van der Waals surface area contributed by atoms with Crippen LogP contribution in [0.15, 0.2) is 0 Å². The third-order valence-corrected chi connectivity index (χ3v) is 5.04. The summed E-state index contributed by atoms with van der Waals surface area (Å²) in [6.45, 7) is 12.9. The van der Waals surface area contributed by atoms with Gasteiger partial charge in [-0.05, 0) is 63.2 Å². The normalized spacial score (nSPS) is 39.6. The number of hydrogen-bond acceptors (Lipinski definition) is 1. The Morgan fingerprint density at radius 3 is 2.25 bits per heavy atom. The number of hydrogen-bond donors (Lipinski definition) is 1. The SMILES string of the molecule is CCC(C)C1(CNC(C)(C)C)CC2CC2C1. The van der Waals surface area contributed by atoms with Gasteiger partial charge >= 0.3 is 0 Å². The van der Waals surface area contributed by atoms with E-state index in [1.165, 1.54) is 32.2 Å². The second-order valence-corrected chi connectivity index (χ2v) is 7.44. The van der Waals surface area contributed by atoms with E-state index in [2.05, 4.69) is 39.9 Å². The fourth-order valence-corrected chi connectivity index (χ4v) is 3.53.